The molecule has 0 spiro atoms. The molecule has 1 aromatic heterocycles. The van der Waals surface area contributed by atoms with Crippen LogP contribution in [0, 0.1) is 0 Å². The number of hydrogen-bond donors (Lipinski definition) is 0. The largest absolute Gasteiger partial charge is 0.381 e. The van der Waals surface area contributed by atoms with Crippen molar-refractivity contribution in [2.45, 2.75) is 18.4 Å². The molecule has 2 rings (SSSR count). The highest BCUT2D eigenvalue weighted by molar-refractivity contribution is 5.03. The average molecular weight is 197 g/mol. The van der Waals surface area contributed by atoms with E-state index in [9.17, 15) is 0 Å². The fourth-order valence-electron chi connectivity index (χ4n) is 1.92. The van der Waals surface area contributed by atoms with Crippen LogP contribution in [0.5, 0.6) is 0 Å². The molecule has 78 valence electrons. The summed E-state index contributed by atoms with van der Waals surface area (Å²) in [7, 11) is 3.66. The van der Waals surface area contributed by atoms with E-state index in [1.54, 1.807) is 13.4 Å². The zero-order valence-electron chi connectivity index (χ0n) is 8.56. The summed E-state index contributed by atoms with van der Waals surface area (Å²) < 4.78 is 12.8. The summed E-state index contributed by atoms with van der Waals surface area (Å²) in [5.41, 5.74) is -0.302. The molecule has 1 aliphatic rings. The zero-order valence-corrected chi connectivity index (χ0v) is 8.56. The third kappa shape index (κ3) is 1.42. The van der Waals surface area contributed by atoms with Gasteiger partial charge >= 0.3 is 0 Å². The van der Waals surface area contributed by atoms with Crippen molar-refractivity contribution >= 4 is 0 Å². The molecule has 14 heavy (non-hydrogen) atoms. The van der Waals surface area contributed by atoms with Crippen LogP contribution < -0.4 is 0 Å². The van der Waals surface area contributed by atoms with Crippen molar-refractivity contribution in [1.82, 2.24) is 14.8 Å². The van der Waals surface area contributed by atoms with Gasteiger partial charge in [0.1, 0.15) is 11.9 Å². The number of hydrogen-bond acceptors (Lipinski definition) is 4. The van der Waals surface area contributed by atoms with E-state index in [1.165, 1.54) is 0 Å². The normalized spacial score (nSPS) is 21.0. The molecule has 0 bridgehead atoms. The lowest BCUT2D eigenvalue weighted by molar-refractivity contribution is -0.101. The van der Waals surface area contributed by atoms with Crippen LogP contribution in [-0.2, 0) is 22.1 Å². The second-order valence-electron chi connectivity index (χ2n) is 3.58. The van der Waals surface area contributed by atoms with Crippen LogP contribution in [0.15, 0.2) is 6.33 Å². The molecule has 0 atom stereocenters. The predicted molar refractivity (Wildman–Crippen MR) is 49.7 cm³/mol. The number of aromatic nitrogens is 3. The summed E-state index contributed by atoms with van der Waals surface area (Å²) in [6.07, 6.45) is 3.39. The van der Waals surface area contributed by atoms with Gasteiger partial charge in [-0.15, -0.1) is 10.2 Å². The van der Waals surface area contributed by atoms with Crippen molar-refractivity contribution in [1.29, 1.82) is 0 Å². The molecule has 0 radical (unpaired) electrons. The quantitative estimate of drug-likeness (QED) is 0.691. The van der Waals surface area contributed by atoms with Gasteiger partial charge in [0.2, 0.25) is 0 Å². The van der Waals surface area contributed by atoms with E-state index in [0.717, 1.165) is 31.9 Å². The number of methoxy groups -OCH3 is 1. The summed E-state index contributed by atoms with van der Waals surface area (Å²) in [6, 6.07) is 0. The Kier molecular flexibility index (Phi) is 2.52. The number of ether oxygens (including phenoxy) is 2. The first-order valence-corrected chi connectivity index (χ1v) is 4.76. The van der Waals surface area contributed by atoms with Gasteiger partial charge in [0, 0.05) is 40.2 Å². The van der Waals surface area contributed by atoms with Crippen molar-refractivity contribution in [2.75, 3.05) is 20.3 Å². The van der Waals surface area contributed by atoms with Gasteiger partial charge < -0.3 is 14.0 Å². The molecule has 0 saturated carbocycles. The van der Waals surface area contributed by atoms with Gasteiger partial charge in [-0.05, 0) is 0 Å². The molecule has 5 nitrogen and oxygen atoms in total. The van der Waals surface area contributed by atoms with Crippen LogP contribution in [-0.4, -0.2) is 35.1 Å². The molecule has 1 fully saturated rings. The topological polar surface area (TPSA) is 49.2 Å². The smallest absolute Gasteiger partial charge is 0.165 e. The molecule has 0 aliphatic carbocycles. The van der Waals surface area contributed by atoms with Gasteiger partial charge in [-0.3, -0.25) is 0 Å². The first-order chi connectivity index (χ1) is 6.78. The molecule has 0 aromatic carbocycles. The number of rotatable bonds is 2. The minimum Gasteiger partial charge on any atom is -0.381 e. The van der Waals surface area contributed by atoms with Crippen LogP contribution in [0.2, 0.25) is 0 Å². The highest BCUT2D eigenvalue weighted by Gasteiger charge is 2.38. The van der Waals surface area contributed by atoms with Crippen LogP contribution in [0.25, 0.3) is 0 Å². The number of nitrogens with zero attached hydrogens (tertiary/aromatic N) is 3. The maximum absolute atomic E-state index is 5.60. The van der Waals surface area contributed by atoms with Crippen molar-refractivity contribution in [3.63, 3.8) is 0 Å². The first-order valence-electron chi connectivity index (χ1n) is 4.76. The summed E-state index contributed by atoms with van der Waals surface area (Å²) in [4.78, 5) is 0. The first kappa shape index (κ1) is 9.61. The fourth-order valence-corrected chi connectivity index (χ4v) is 1.92. The molecule has 1 aromatic rings. The van der Waals surface area contributed by atoms with Crippen LogP contribution in [0.4, 0.5) is 0 Å². The molecular weight excluding hydrogens is 182 g/mol. The van der Waals surface area contributed by atoms with Crippen molar-refractivity contribution in [3.8, 4) is 0 Å². The van der Waals surface area contributed by atoms with Gasteiger partial charge in [0.25, 0.3) is 0 Å². The third-order valence-corrected chi connectivity index (χ3v) is 2.81. The van der Waals surface area contributed by atoms with Gasteiger partial charge in [-0.25, -0.2) is 0 Å². The van der Waals surface area contributed by atoms with E-state index in [0.29, 0.717) is 0 Å². The second kappa shape index (κ2) is 3.67. The van der Waals surface area contributed by atoms with Gasteiger partial charge in [-0.2, -0.15) is 0 Å². The Morgan fingerprint density at radius 2 is 2.21 bits per heavy atom. The Morgan fingerprint density at radius 1 is 1.50 bits per heavy atom. The maximum atomic E-state index is 5.60. The van der Waals surface area contributed by atoms with Gasteiger partial charge in [-0.1, -0.05) is 0 Å². The van der Waals surface area contributed by atoms with Crippen LogP contribution >= 0.6 is 0 Å². The molecule has 1 aliphatic heterocycles. The molecule has 2 heterocycles. The lowest BCUT2D eigenvalue weighted by atomic mass is 9.93. The second-order valence-corrected chi connectivity index (χ2v) is 3.58. The lowest BCUT2D eigenvalue weighted by Crippen LogP contribution is -2.37. The minimum absolute atomic E-state index is 0.302. The summed E-state index contributed by atoms with van der Waals surface area (Å²) >= 11 is 0. The van der Waals surface area contributed by atoms with Crippen LogP contribution in [0.1, 0.15) is 18.7 Å². The Labute approximate surface area is 83.0 Å². The average Bonchev–Trinajstić information content (AvgIpc) is 2.66. The van der Waals surface area contributed by atoms with Crippen molar-refractivity contribution in [2.24, 2.45) is 7.05 Å². The van der Waals surface area contributed by atoms with Crippen molar-refractivity contribution < 1.29 is 9.47 Å². The van der Waals surface area contributed by atoms with E-state index in [4.69, 9.17) is 9.47 Å². The lowest BCUT2D eigenvalue weighted by Gasteiger charge is -2.34. The molecule has 1 saturated heterocycles. The highest BCUT2D eigenvalue weighted by Crippen LogP contribution is 2.33. The van der Waals surface area contributed by atoms with E-state index in [2.05, 4.69) is 10.2 Å². The maximum Gasteiger partial charge on any atom is 0.165 e. The molecule has 0 N–H and O–H groups in total. The summed E-state index contributed by atoms with van der Waals surface area (Å²) in [5.74, 6) is 0.892. The standard InChI is InChI=1S/C9H15N3O2/c1-12-7-10-11-8(12)9(13-2)3-5-14-6-4-9/h7H,3-6H2,1-2H3. The van der Waals surface area contributed by atoms with Gasteiger partial charge in [0.15, 0.2) is 5.82 Å². The Balaban J connectivity index is 2.31. The van der Waals surface area contributed by atoms with Crippen LogP contribution in [0.3, 0.4) is 0 Å². The predicted octanol–water partition coefficient (Wildman–Crippen LogP) is 0.467. The molecular formula is C9H15N3O2. The zero-order chi connectivity index (χ0) is 10.0. The van der Waals surface area contributed by atoms with Gasteiger partial charge in [0.05, 0.1) is 0 Å². The molecule has 0 unspecified atom stereocenters. The molecule has 5 heteroatoms. The Morgan fingerprint density at radius 3 is 2.71 bits per heavy atom. The fraction of sp³-hybridized carbons (Fsp3) is 0.778. The third-order valence-electron chi connectivity index (χ3n) is 2.81. The van der Waals surface area contributed by atoms with E-state index in [-0.39, 0.29) is 5.60 Å². The van der Waals surface area contributed by atoms with Crippen molar-refractivity contribution in [3.05, 3.63) is 12.2 Å². The monoisotopic (exact) mass is 197 g/mol. The van der Waals surface area contributed by atoms with E-state index < -0.39 is 0 Å². The summed E-state index contributed by atoms with van der Waals surface area (Å²) in [6.45, 7) is 1.45. The van der Waals surface area contributed by atoms with E-state index in [1.807, 2.05) is 11.6 Å². The molecule has 0 amide bonds. The Hall–Kier alpha value is -0.940. The minimum atomic E-state index is -0.302. The Bertz CT molecular complexity index is 305. The van der Waals surface area contributed by atoms with E-state index >= 15 is 0 Å². The number of aryl methyl sites for hydroxylation is 1. The summed E-state index contributed by atoms with van der Waals surface area (Å²) in [5, 5.41) is 8.00. The SMILES string of the molecule is COC1(c2nncn2C)CCOCC1. The highest BCUT2D eigenvalue weighted by atomic mass is 16.5.